The minimum atomic E-state index is -0.708. The summed E-state index contributed by atoms with van der Waals surface area (Å²) < 4.78 is 5.98. The third-order valence-electron chi connectivity index (χ3n) is 1.83. The van der Waals surface area contributed by atoms with Gasteiger partial charge in [0, 0.05) is 4.47 Å². The maximum Gasteiger partial charge on any atom is 0.327 e. The second kappa shape index (κ2) is 5.28. The van der Waals surface area contributed by atoms with E-state index in [1.54, 1.807) is 26.0 Å². The van der Waals surface area contributed by atoms with Crippen LogP contribution >= 0.6 is 15.9 Å². The third kappa shape index (κ3) is 3.64. The Kier molecular flexibility index (Phi) is 4.29. The molecular formula is C11H14BrNO2. The van der Waals surface area contributed by atoms with Crippen molar-refractivity contribution in [2.45, 2.75) is 26.0 Å². The lowest BCUT2D eigenvalue weighted by molar-refractivity contribution is -0.149. The molecule has 0 aromatic heterocycles. The average Bonchev–Trinajstić information content (AvgIpc) is 2.17. The van der Waals surface area contributed by atoms with Crippen molar-refractivity contribution in [3.8, 4) is 0 Å². The van der Waals surface area contributed by atoms with Crippen molar-refractivity contribution < 1.29 is 9.53 Å². The number of ether oxygens (including phenoxy) is 1. The Morgan fingerprint density at radius 1 is 1.33 bits per heavy atom. The van der Waals surface area contributed by atoms with Gasteiger partial charge in [0.1, 0.15) is 6.04 Å². The second-order valence-corrected chi connectivity index (χ2v) is 4.43. The van der Waals surface area contributed by atoms with Crippen LogP contribution in [0.5, 0.6) is 0 Å². The average molecular weight is 272 g/mol. The van der Waals surface area contributed by atoms with Crippen molar-refractivity contribution in [1.29, 1.82) is 0 Å². The molecule has 3 nitrogen and oxygen atoms in total. The first kappa shape index (κ1) is 12.2. The summed E-state index contributed by atoms with van der Waals surface area (Å²) in [5.41, 5.74) is 6.50. The van der Waals surface area contributed by atoms with Gasteiger partial charge in [-0.15, -0.1) is 0 Å². The van der Waals surface area contributed by atoms with Gasteiger partial charge in [-0.05, 0) is 31.5 Å². The lowest BCUT2D eigenvalue weighted by Gasteiger charge is -2.13. The molecule has 1 unspecified atom stereocenters. The minimum Gasteiger partial charge on any atom is -0.462 e. The van der Waals surface area contributed by atoms with Gasteiger partial charge in [-0.3, -0.25) is 0 Å². The molecule has 0 aliphatic rings. The van der Waals surface area contributed by atoms with E-state index in [0.29, 0.717) is 0 Å². The van der Waals surface area contributed by atoms with Crippen molar-refractivity contribution in [2.24, 2.45) is 5.73 Å². The Morgan fingerprint density at radius 3 is 2.33 bits per heavy atom. The highest BCUT2D eigenvalue weighted by Gasteiger charge is 2.17. The van der Waals surface area contributed by atoms with Gasteiger partial charge in [-0.2, -0.15) is 0 Å². The molecule has 1 rings (SSSR count). The van der Waals surface area contributed by atoms with Gasteiger partial charge in [0.05, 0.1) is 6.10 Å². The Labute approximate surface area is 97.7 Å². The summed E-state index contributed by atoms with van der Waals surface area (Å²) in [7, 11) is 0. The fraction of sp³-hybridized carbons (Fsp3) is 0.364. The zero-order chi connectivity index (χ0) is 11.4. The van der Waals surface area contributed by atoms with Gasteiger partial charge in [0.2, 0.25) is 0 Å². The van der Waals surface area contributed by atoms with Crippen LogP contribution in [0.1, 0.15) is 25.5 Å². The third-order valence-corrected chi connectivity index (χ3v) is 2.36. The molecule has 4 heteroatoms. The van der Waals surface area contributed by atoms with Crippen LogP contribution in [0.15, 0.2) is 28.7 Å². The summed E-state index contributed by atoms with van der Waals surface area (Å²) in [6.07, 6.45) is -0.140. The molecule has 0 saturated heterocycles. The molecule has 15 heavy (non-hydrogen) atoms. The molecule has 2 N–H and O–H groups in total. The molecule has 1 aromatic rings. The van der Waals surface area contributed by atoms with Crippen molar-refractivity contribution in [2.75, 3.05) is 0 Å². The van der Waals surface area contributed by atoms with Crippen molar-refractivity contribution >= 4 is 21.9 Å². The molecule has 0 aliphatic carbocycles. The van der Waals surface area contributed by atoms with Gasteiger partial charge in [-0.25, -0.2) is 4.79 Å². The lowest BCUT2D eigenvalue weighted by Crippen LogP contribution is -2.25. The number of benzene rings is 1. The van der Waals surface area contributed by atoms with Crippen LogP contribution in [-0.4, -0.2) is 12.1 Å². The van der Waals surface area contributed by atoms with Crippen LogP contribution < -0.4 is 5.73 Å². The molecule has 0 saturated carbocycles. The maximum absolute atomic E-state index is 11.5. The van der Waals surface area contributed by atoms with Crippen molar-refractivity contribution in [3.05, 3.63) is 34.3 Å². The molecule has 0 fully saturated rings. The molecule has 1 aromatic carbocycles. The van der Waals surface area contributed by atoms with Crippen LogP contribution in [0.4, 0.5) is 0 Å². The van der Waals surface area contributed by atoms with E-state index < -0.39 is 12.0 Å². The number of nitrogens with two attached hydrogens (primary N) is 1. The van der Waals surface area contributed by atoms with E-state index >= 15 is 0 Å². The molecule has 0 aliphatic heterocycles. The standard InChI is InChI=1S/C11H14BrNO2/c1-7(2)15-11(14)10(13)8-3-5-9(12)6-4-8/h3-7,10H,13H2,1-2H3. The van der Waals surface area contributed by atoms with Crippen LogP contribution in [0.25, 0.3) is 0 Å². The van der Waals surface area contributed by atoms with E-state index in [1.165, 1.54) is 0 Å². The number of halogens is 1. The second-order valence-electron chi connectivity index (χ2n) is 3.51. The van der Waals surface area contributed by atoms with Gasteiger partial charge in [0.15, 0.2) is 0 Å². The van der Waals surface area contributed by atoms with Gasteiger partial charge in [-0.1, -0.05) is 28.1 Å². The summed E-state index contributed by atoms with van der Waals surface area (Å²) >= 11 is 3.31. The number of carbonyl (C=O) groups excluding carboxylic acids is 1. The number of carbonyl (C=O) groups is 1. The SMILES string of the molecule is CC(C)OC(=O)C(N)c1ccc(Br)cc1. The Hall–Kier alpha value is -0.870. The van der Waals surface area contributed by atoms with Crippen molar-refractivity contribution in [3.63, 3.8) is 0 Å². The highest BCUT2D eigenvalue weighted by molar-refractivity contribution is 9.10. The summed E-state index contributed by atoms with van der Waals surface area (Å²) in [5, 5.41) is 0. The topological polar surface area (TPSA) is 52.3 Å². The highest BCUT2D eigenvalue weighted by Crippen LogP contribution is 2.16. The smallest absolute Gasteiger partial charge is 0.327 e. The summed E-state index contributed by atoms with van der Waals surface area (Å²) in [6.45, 7) is 3.60. The predicted molar refractivity (Wildman–Crippen MR) is 62.3 cm³/mol. The summed E-state index contributed by atoms with van der Waals surface area (Å²) in [4.78, 5) is 11.5. The normalized spacial score (nSPS) is 12.6. The maximum atomic E-state index is 11.5. The molecule has 1 atom stereocenters. The first-order chi connectivity index (χ1) is 7.00. The van der Waals surface area contributed by atoms with E-state index in [2.05, 4.69) is 15.9 Å². The highest BCUT2D eigenvalue weighted by atomic mass is 79.9. The minimum absolute atomic E-state index is 0.140. The number of hydrogen-bond donors (Lipinski definition) is 1. The van der Waals surface area contributed by atoms with Crippen LogP contribution in [0.3, 0.4) is 0 Å². The molecule has 0 heterocycles. The molecule has 0 spiro atoms. The zero-order valence-electron chi connectivity index (χ0n) is 8.74. The largest absolute Gasteiger partial charge is 0.462 e. The van der Waals surface area contributed by atoms with Gasteiger partial charge in [0.25, 0.3) is 0 Å². The molecule has 0 radical (unpaired) electrons. The summed E-state index contributed by atoms with van der Waals surface area (Å²) in [6, 6.07) is 6.59. The number of hydrogen-bond acceptors (Lipinski definition) is 3. The van der Waals surface area contributed by atoms with Crippen LogP contribution in [0.2, 0.25) is 0 Å². The number of esters is 1. The van der Waals surface area contributed by atoms with Crippen LogP contribution in [-0.2, 0) is 9.53 Å². The Balaban J connectivity index is 2.71. The van der Waals surface area contributed by atoms with Crippen LogP contribution in [0, 0.1) is 0 Å². The van der Waals surface area contributed by atoms with Gasteiger partial charge >= 0.3 is 5.97 Å². The summed E-state index contributed by atoms with van der Waals surface area (Å²) in [5.74, 6) is -0.396. The monoisotopic (exact) mass is 271 g/mol. The predicted octanol–water partition coefficient (Wildman–Crippen LogP) is 2.40. The van der Waals surface area contributed by atoms with Gasteiger partial charge < -0.3 is 10.5 Å². The quantitative estimate of drug-likeness (QED) is 0.859. The van der Waals surface area contributed by atoms with E-state index in [9.17, 15) is 4.79 Å². The first-order valence-corrected chi connectivity index (χ1v) is 5.51. The number of rotatable bonds is 3. The van der Waals surface area contributed by atoms with E-state index in [1.807, 2.05) is 12.1 Å². The lowest BCUT2D eigenvalue weighted by atomic mass is 10.1. The van der Waals surface area contributed by atoms with E-state index in [-0.39, 0.29) is 6.10 Å². The molecule has 82 valence electrons. The fourth-order valence-corrected chi connectivity index (χ4v) is 1.38. The Bertz CT molecular complexity index is 335. The van der Waals surface area contributed by atoms with Crippen molar-refractivity contribution in [1.82, 2.24) is 0 Å². The molecular weight excluding hydrogens is 258 g/mol. The first-order valence-electron chi connectivity index (χ1n) is 4.72. The molecule has 0 bridgehead atoms. The zero-order valence-corrected chi connectivity index (χ0v) is 10.3. The van der Waals surface area contributed by atoms with E-state index in [0.717, 1.165) is 10.0 Å². The molecule has 0 amide bonds. The Morgan fingerprint density at radius 2 is 1.87 bits per heavy atom. The fourth-order valence-electron chi connectivity index (χ4n) is 1.11. The van der Waals surface area contributed by atoms with E-state index in [4.69, 9.17) is 10.5 Å².